The van der Waals surface area contributed by atoms with E-state index in [2.05, 4.69) is 0 Å². The van der Waals surface area contributed by atoms with Gasteiger partial charge in [-0.25, -0.2) is 8.42 Å². The molecule has 1 aliphatic heterocycles. The molecule has 0 saturated heterocycles. The third-order valence-electron chi connectivity index (χ3n) is 5.51. The van der Waals surface area contributed by atoms with Gasteiger partial charge in [-0.2, -0.15) is 0 Å². The van der Waals surface area contributed by atoms with Gasteiger partial charge in [-0.15, -0.1) is 0 Å². The summed E-state index contributed by atoms with van der Waals surface area (Å²) in [5.74, 6) is 2.07. The van der Waals surface area contributed by atoms with Crippen molar-refractivity contribution in [3.8, 4) is 23.0 Å². The molecule has 0 aliphatic carbocycles. The van der Waals surface area contributed by atoms with Gasteiger partial charge in [-0.1, -0.05) is 66.7 Å². The highest BCUT2D eigenvalue weighted by Crippen LogP contribution is 2.51. The lowest BCUT2D eigenvalue weighted by molar-refractivity contribution is 0.363. The summed E-state index contributed by atoms with van der Waals surface area (Å²) in [6.07, 6.45) is 0. The summed E-state index contributed by atoms with van der Waals surface area (Å²) >= 11 is 0. The molecular formula is C26H16O4S. The van der Waals surface area contributed by atoms with Crippen LogP contribution in [0.5, 0.6) is 23.0 Å². The van der Waals surface area contributed by atoms with E-state index in [4.69, 9.17) is 9.47 Å². The van der Waals surface area contributed by atoms with Gasteiger partial charge in [0, 0.05) is 16.8 Å². The molecule has 0 spiro atoms. The van der Waals surface area contributed by atoms with Crippen molar-refractivity contribution >= 4 is 31.4 Å². The Morgan fingerprint density at radius 2 is 1.13 bits per heavy atom. The van der Waals surface area contributed by atoms with Crippen LogP contribution in [-0.2, 0) is 9.84 Å². The van der Waals surface area contributed by atoms with Crippen molar-refractivity contribution in [3.05, 3.63) is 97.1 Å². The lowest BCUT2D eigenvalue weighted by atomic mass is 10.1. The van der Waals surface area contributed by atoms with E-state index in [9.17, 15) is 8.42 Å². The molecule has 0 bridgehead atoms. The van der Waals surface area contributed by atoms with Gasteiger partial charge in [-0.05, 0) is 35.0 Å². The molecule has 5 aromatic rings. The van der Waals surface area contributed by atoms with Crippen LogP contribution in [0.25, 0.3) is 21.5 Å². The van der Waals surface area contributed by atoms with Gasteiger partial charge in [0.1, 0.15) is 0 Å². The van der Waals surface area contributed by atoms with Gasteiger partial charge in [0.05, 0.1) is 9.79 Å². The summed E-state index contributed by atoms with van der Waals surface area (Å²) in [5.41, 5.74) is 0. The van der Waals surface area contributed by atoms with Crippen molar-refractivity contribution in [1.29, 1.82) is 0 Å². The molecule has 0 amide bonds. The molecule has 0 fully saturated rings. The number of hydrogen-bond donors (Lipinski definition) is 0. The minimum atomic E-state index is -3.75. The molecule has 6 rings (SSSR count). The predicted octanol–water partition coefficient (Wildman–Crippen LogP) is 6.72. The fraction of sp³-hybridized carbons (Fsp3) is 0. The maximum atomic E-state index is 13.5. The Balaban J connectivity index is 1.59. The minimum absolute atomic E-state index is 0.195. The smallest absolute Gasteiger partial charge is 0.207 e. The van der Waals surface area contributed by atoms with Crippen molar-refractivity contribution in [3.63, 3.8) is 0 Å². The zero-order valence-electron chi connectivity index (χ0n) is 16.3. The molecule has 5 heteroatoms. The molecule has 1 aliphatic rings. The summed E-state index contributed by atoms with van der Waals surface area (Å²) in [7, 11) is -3.75. The molecular weight excluding hydrogens is 408 g/mol. The van der Waals surface area contributed by atoms with Crippen molar-refractivity contribution in [2.45, 2.75) is 9.79 Å². The van der Waals surface area contributed by atoms with E-state index in [1.54, 1.807) is 42.5 Å². The number of ether oxygens (including phenoxy) is 2. The Kier molecular flexibility index (Phi) is 3.82. The molecule has 0 aromatic heterocycles. The standard InChI is InChI=1S/C26H16O4S/c27-31(28,19-10-2-1-3-11-19)25-16-24-26(21-13-7-6-12-20(21)25)30-23-15-18-9-5-4-8-17(18)14-22(23)29-24/h1-16H. The monoisotopic (exact) mass is 424 g/mol. The first kappa shape index (κ1) is 18.0. The van der Waals surface area contributed by atoms with Gasteiger partial charge >= 0.3 is 0 Å². The first-order chi connectivity index (χ1) is 15.1. The zero-order chi connectivity index (χ0) is 21.0. The van der Waals surface area contributed by atoms with Crippen LogP contribution in [0.4, 0.5) is 0 Å². The van der Waals surface area contributed by atoms with Crippen molar-refractivity contribution in [1.82, 2.24) is 0 Å². The Hall–Kier alpha value is -3.83. The van der Waals surface area contributed by atoms with Crippen LogP contribution in [0.15, 0.2) is 107 Å². The third kappa shape index (κ3) is 2.78. The van der Waals surface area contributed by atoms with E-state index in [0.717, 1.165) is 10.8 Å². The first-order valence-corrected chi connectivity index (χ1v) is 11.3. The fourth-order valence-electron chi connectivity index (χ4n) is 4.01. The van der Waals surface area contributed by atoms with Crippen LogP contribution in [-0.4, -0.2) is 8.42 Å². The third-order valence-corrected chi connectivity index (χ3v) is 7.32. The highest BCUT2D eigenvalue weighted by atomic mass is 32.2. The van der Waals surface area contributed by atoms with E-state index >= 15 is 0 Å². The molecule has 150 valence electrons. The van der Waals surface area contributed by atoms with Gasteiger partial charge in [0.15, 0.2) is 23.0 Å². The molecule has 0 N–H and O–H groups in total. The Labute approximate surface area is 179 Å². The molecule has 5 aromatic carbocycles. The average Bonchev–Trinajstić information content (AvgIpc) is 2.81. The molecule has 0 unspecified atom stereocenters. The number of benzene rings is 5. The highest BCUT2D eigenvalue weighted by molar-refractivity contribution is 7.91. The molecule has 0 radical (unpaired) electrons. The second-order valence-corrected chi connectivity index (χ2v) is 9.33. The molecule has 4 nitrogen and oxygen atoms in total. The minimum Gasteiger partial charge on any atom is -0.449 e. The Bertz CT molecular complexity index is 1590. The Morgan fingerprint density at radius 1 is 0.548 bits per heavy atom. The molecule has 31 heavy (non-hydrogen) atoms. The predicted molar refractivity (Wildman–Crippen MR) is 120 cm³/mol. The van der Waals surface area contributed by atoms with E-state index < -0.39 is 9.84 Å². The second kappa shape index (κ2) is 6.59. The van der Waals surface area contributed by atoms with Crippen LogP contribution >= 0.6 is 0 Å². The zero-order valence-corrected chi connectivity index (χ0v) is 17.1. The van der Waals surface area contributed by atoms with Gasteiger partial charge in [0.25, 0.3) is 0 Å². The summed E-state index contributed by atoms with van der Waals surface area (Å²) in [4.78, 5) is 0.434. The van der Waals surface area contributed by atoms with Gasteiger partial charge in [0.2, 0.25) is 9.84 Å². The van der Waals surface area contributed by atoms with Crippen molar-refractivity contribution in [2.75, 3.05) is 0 Å². The van der Waals surface area contributed by atoms with Gasteiger partial charge in [-0.3, -0.25) is 0 Å². The average molecular weight is 424 g/mol. The highest BCUT2D eigenvalue weighted by Gasteiger charge is 2.28. The summed E-state index contributed by atoms with van der Waals surface area (Å²) in [6, 6.07) is 29.1. The largest absolute Gasteiger partial charge is 0.449 e. The normalized spacial score (nSPS) is 12.6. The van der Waals surface area contributed by atoms with E-state index in [0.29, 0.717) is 33.8 Å². The number of sulfone groups is 1. The molecule has 1 heterocycles. The SMILES string of the molecule is O=S(=O)(c1ccccc1)c1cc2c(c3ccccc13)Oc1cc3ccccc3cc1O2. The molecule has 0 atom stereocenters. The van der Waals surface area contributed by atoms with Crippen molar-refractivity contribution in [2.24, 2.45) is 0 Å². The molecule has 0 saturated carbocycles. The second-order valence-electron chi connectivity index (χ2n) is 7.41. The van der Waals surface area contributed by atoms with Crippen LogP contribution in [0.2, 0.25) is 0 Å². The first-order valence-electron chi connectivity index (χ1n) is 9.86. The van der Waals surface area contributed by atoms with E-state index in [1.165, 1.54) is 0 Å². The topological polar surface area (TPSA) is 52.6 Å². The summed E-state index contributed by atoms with van der Waals surface area (Å²) < 4.78 is 39.3. The lowest BCUT2D eigenvalue weighted by Crippen LogP contribution is -2.06. The maximum absolute atomic E-state index is 13.5. The number of rotatable bonds is 2. The summed E-state index contributed by atoms with van der Waals surface area (Å²) in [5, 5.41) is 3.35. The van der Waals surface area contributed by atoms with Crippen LogP contribution < -0.4 is 9.47 Å². The van der Waals surface area contributed by atoms with Crippen LogP contribution in [0, 0.1) is 0 Å². The quantitative estimate of drug-likeness (QED) is 0.309. The number of hydrogen-bond acceptors (Lipinski definition) is 4. The van der Waals surface area contributed by atoms with Crippen LogP contribution in [0.1, 0.15) is 0 Å². The lowest BCUT2D eigenvalue weighted by Gasteiger charge is -2.24. The fourth-order valence-corrected chi connectivity index (χ4v) is 5.51. The van der Waals surface area contributed by atoms with E-state index in [-0.39, 0.29) is 9.79 Å². The van der Waals surface area contributed by atoms with E-state index in [1.807, 2.05) is 54.6 Å². The maximum Gasteiger partial charge on any atom is 0.207 e. The van der Waals surface area contributed by atoms with Gasteiger partial charge < -0.3 is 9.47 Å². The Morgan fingerprint density at radius 3 is 1.84 bits per heavy atom. The van der Waals surface area contributed by atoms with Crippen molar-refractivity contribution < 1.29 is 17.9 Å². The van der Waals surface area contributed by atoms with Crippen LogP contribution in [0.3, 0.4) is 0 Å². The number of fused-ring (bicyclic) bond motifs is 5. The summed E-state index contributed by atoms with van der Waals surface area (Å²) in [6.45, 7) is 0.